The first kappa shape index (κ1) is 69.6. The third-order valence-electron chi connectivity index (χ3n) is 10.5. The van der Waals surface area contributed by atoms with Crippen molar-refractivity contribution in [3.8, 4) is 0 Å². The van der Waals surface area contributed by atoms with Crippen molar-refractivity contribution >= 4 is 69.5 Å². The Labute approximate surface area is 422 Å². The van der Waals surface area contributed by atoms with Gasteiger partial charge in [-0.25, -0.2) is 9.09 Å². The van der Waals surface area contributed by atoms with Gasteiger partial charge in [0.2, 0.25) is 6.79 Å². The van der Waals surface area contributed by atoms with E-state index in [1.54, 1.807) is 48.5 Å². The third kappa shape index (κ3) is 29.9. The molecule has 0 aromatic heterocycles. The van der Waals surface area contributed by atoms with Crippen LogP contribution >= 0.6 is 39.7 Å². The van der Waals surface area contributed by atoms with E-state index in [-0.39, 0.29) is 85.8 Å². The molecule has 0 spiro atoms. The molecule has 17 nitrogen and oxygen atoms in total. The van der Waals surface area contributed by atoms with Gasteiger partial charge < -0.3 is 33.1 Å². The Balaban J connectivity index is -0.00000191. The number of carbonyl (C=O) groups excluding carboxylic acids is 5. The summed E-state index contributed by atoms with van der Waals surface area (Å²) in [6.45, 7) is 30.3. The van der Waals surface area contributed by atoms with Crippen molar-refractivity contribution in [1.82, 2.24) is 9.80 Å². The van der Waals surface area contributed by atoms with Crippen molar-refractivity contribution in [2.75, 3.05) is 80.6 Å². The maximum atomic E-state index is 13.8. The first-order valence-corrected chi connectivity index (χ1v) is 26.5. The van der Waals surface area contributed by atoms with Crippen LogP contribution in [0.3, 0.4) is 0 Å². The van der Waals surface area contributed by atoms with Gasteiger partial charge in [0.1, 0.15) is 36.0 Å². The lowest BCUT2D eigenvalue weighted by atomic mass is 9.66. The first-order chi connectivity index (χ1) is 30.1. The van der Waals surface area contributed by atoms with Crippen molar-refractivity contribution in [1.29, 1.82) is 0 Å². The average molecular weight is 1120 g/mol. The molecule has 0 aromatic carbocycles. The summed E-state index contributed by atoms with van der Waals surface area (Å²) in [5, 5.41) is 0. The molecule has 0 saturated carbocycles. The van der Waals surface area contributed by atoms with E-state index in [0.29, 0.717) is 50.2 Å². The van der Waals surface area contributed by atoms with Gasteiger partial charge in [-0.3, -0.25) is 38.3 Å². The van der Waals surface area contributed by atoms with Crippen LogP contribution in [-0.2, 0) is 61.3 Å². The molecule has 3 atom stereocenters. The number of hydrogen-bond donors (Lipinski definition) is 1. The van der Waals surface area contributed by atoms with Gasteiger partial charge in [0, 0.05) is 37.3 Å². The summed E-state index contributed by atoms with van der Waals surface area (Å²) >= 11 is 6.51. The molecule has 0 aliphatic rings. The van der Waals surface area contributed by atoms with E-state index in [1.165, 1.54) is 0 Å². The quantitative estimate of drug-likeness (QED) is 0.0167. The molecular formula is C47H93Br2N3O14P+. The fourth-order valence-electron chi connectivity index (χ4n) is 7.37. The Morgan fingerprint density at radius 3 is 1.27 bits per heavy atom. The molecule has 20 heteroatoms. The predicted octanol–water partition coefficient (Wildman–Crippen LogP) is 8.94. The zero-order valence-electron chi connectivity index (χ0n) is 43.7. The molecule has 0 fully saturated rings. The number of ether oxygens (including phenoxy) is 5. The Kier molecular flexibility index (Phi) is 34.3. The van der Waals surface area contributed by atoms with Crippen molar-refractivity contribution < 1.29 is 70.6 Å². The summed E-state index contributed by atoms with van der Waals surface area (Å²) in [4.78, 5) is 77.1. The van der Waals surface area contributed by atoms with Crippen molar-refractivity contribution in [3.05, 3.63) is 0 Å². The van der Waals surface area contributed by atoms with Crippen LogP contribution in [-0.4, -0.2) is 163 Å². The summed E-state index contributed by atoms with van der Waals surface area (Å²) in [7, 11) is 1.20. The fraction of sp³-hybridized carbons (Fsp3) is 0.894. The molecule has 0 aliphatic heterocycles. The van der Waals surface area contributed by atoms with E-state index in [2.05, 4.69) is 97.0 Å². The minimum absolute atomic E-state index is 0. The molecule has 1 N–H and O–H groups in total. The molecule has 0 bridgehead atoms. The van der Waals surface area contributed by atoms with E-state index in [4.69, 9.17) is 32.7 Å². The first-order valence-electron chi connectivity index (χ1n) is 23.2. The molecule has 0 heterocycles. The molecule has 0 aliphatic carbocycles. The van der Waals surface area contributed by atoms with Gasteiger partial charge in [0.25, 0.3) is 0 Å². The predicted molar refractivity (Wildman–Crippen MR) is 271 cm³/mol. The van der Waals surface area contributed by atoms with Gasteiger partial charge in [-0.15, -0.1) is 0 Å². The minimum Gasteiger partial charge on any atom is -0.465 e. The van der Waals surface area contributed by atoms with Crippen LogP contribution in [0.25, 0.3) is 0 Å². The second-order valence-corrected chi connectivity index (χ2v) is 23.8. The van der Waals surface area contributed by atoms with E-state index in [1.807, 2.05) is 21.1 Å². The molecule has 0 radical (unpaired) electrons. The van der Waals surface area contributed by atoms with Crippen LogP contribution in [0.4, 0.5) is 0 Å². The Morgan fingerprint density at radius 2 is 0.955 bits per heavy atom. The number of hydrogen-bond acceptors (Lipinski definition) is 15. The van der Waals surface area contributed by atoms with Crippen molar-refractivity contribution in [2.24, 2.45) is 16.2 Å². The third-order valence-corrected chi connectivity index (χ3v) is 13.1. The number of halogens is 2. The summed E-state index contributed by atoms with van der Waals surface area (Å²) in [5.74, 6) is -2.31. The Bertz CT molecular complexity index is 1420. The molecule has 398 valence electrons. The zero-order chi connectivity index (χ0) is 51.9. The number of carbonyl (C=O) groups is 5. The highest BCUT2D eigenvalue weighted by molar-refractivity contribution is 9.10. The average Bonchev–Trinajstić information content (AvgIpc) is 3.16. The lowest BCUT2D eigenvalue weighted by molar-refractivity contribution is -0.870. The van der Waals surface area contributed by atoms with Gasteiger partial charge in [-0.1, -0.05) is 45.7 Å². The fourth-order valence-corrected chi connectivity index (χ4v) is 8.86. The highest BCUT2D eigenvalue weighted by Gasteiger charge is 2.49. The molecule has 0 aromatic rings. The number of phosphoric ester groups is 1. The monoisotopic (exact) mass is 1110 g/mol. The number of quaternary nitrogens is 1. The standard InChI is InChI=1S/C35H70N3O10P.C11H18Br2O4.CH4/c1-26(2)36(27(3)4)17-20-44-30(39)33(9,10)23-35(13,32(41)46-25-48-49(42,43)47-22-19-38(14,15)16)24-34(11,12)31(40)45-21-18-37(28(5)6)29(7)8;1-3-16-10(14)8(12)6-5-7-9(13)11(15)17-4-2;/h26-29H,17-25H2,1-16H3;8-9H,3-7H2,1-2H3;1H4/p+1. The molecule has 3 unspecified atom stereocenters. The van der Waals surface area contributed by atoms with Gasteiger partial charge in [0.05, 0.1) is 50.6 Å². The highest BCUT2D eigenvalue weighted by atomic mass is 79.9. The number of alkyl halides is 2. The second kappa shape index (κ2) is 33.0. The SMILES string of the molecule is C.CC(C)N(CCOC(=O)C(C)(C)CC(C)(CC(C)(C)C(=O)OCCN(C(C)C)C(C)C)C(=O)OCOP(=O)(O)OCC[N+](C)(C)C)C(C)C.CCOC(=O)C(Br)CCCC(Br)C(=O)OCC. The largest absolute Gasteiger partial charge is 0.475 e. The van der Waals surface area contributed by atoms with Crippen LogP contribution in [0, 0.1) is 16.2 Å². The van der Waals surface area contributed by atoms with Gasteiger partial charge in [-0.05, 0) is 130 Å². The van der Waals surface area contributed by atoms with Crippen LogP contribution < -0.4 is 0 Å². The summed E-state index contributed by atoms with van der Waals surface area (Å²) in [6.07, 6.45) is 1.93. The van der Waals surface area contributed by atoms with E-state index in [0.717, 1.165) is 6.42 Å². The summed E-state index contributed by atoms with van der Waals surface area (Å²) in [5.41, 5.74) is -3.75. The summed E-state index contributed by atoms with van der Waals surface area (Å²) in [6, 6.07) is 1.07. The van der Waals surface area contributed by atoms with Crippen molar-refractivity contribution in [3.63, 3.8) is 0 Å². The van der Waals surface area contributed by atoms with Crippen LogP contribution in [0.5, 0.6) is 0 Å². The van der Waals surface area contributed by atoms with Gasteiger partial charge in [-0.2, -0.15) is 0 Å². The summed E-state index contributed by atoms with van der Waals surface area (Å²) < 4.78 is 49.4. The highest BCUT2D eigenvalue weighted by Crippen LogP contribution is 2.46. The molecule has 0 amide bonds. The smallest absolute Gasteiger partial charge is 0.465 e. The van der Waals surface area contributed by atoms with E-state index in [9.17, 15) is 33.4 Å². The maximum Gasteiger partial charge on any atom is 0.475 e. The Morgan fingerprint density at radius 1 is 0.597 bits per heavy atom. The van der Waals surface area contributed by atoms with Crippen LogP contribution in [0.15, 0.2) is 0 Å². The number of phosphoric acid groups is 1. The molecule has 0 saturated heterocycles. The number of likely N-dealkylation sites (N-methyl/N-ethyl adjacent to an activating group) is 1. The lowest BCUT2D eigenvalue weighted by Crippen LogP contribution is -2.45. The zero-order valence-corrected chi connectivity index (χ0v) is 47.7. The van der Waals surface area contributed by atoms with E-state index >= 15 is 0 Å². The normalized spacial score (nSPS) is 14.3. The van der Waals surface area contributed by atoms with Gasteiger partial charge >= 0.3 is 37.7 Å². The topological polar surface area (TPSA) is 194 Å². The maximum absolute atomic E-state index is 13.8. The van der Waals surface area contributed by atoms with E-state index < -0.39 is 48.8 Å². The lowest BCUT2D eigenvalue weighted by Gasteiger charge is -2.38. The minimum atomic E-state index is -4.51. The van der Waals surface area contributed by atoms with Crippen LogP contribution in [0.1, 0.15) is 143 Å². The second-order valence-electron chi connectivity index (χ2n) is 20.2. The Hall–Kier alpha value is -1.70. The number of esters is 5. The molecule has 67 heavy (non-hydrogen) atoms. The van der Waals surface area contributed by atoms with Crippen molar-refractivity contribution in [2.45, 2.75) is 177 Å². The van der Waals surface area contributed by atoms with Gasteiger partial charge in [0.15, 0.2) is 0 Å². The van der Waals surface area contributed by atoms with Crippen LogP contribution in [0.2, 0.25) is 0 Å². The number of rotatable bonds is 32. The molecule has 0 rings (SSSR count). The molecular weight excluding hydrogens is 1020 g/mol. The number of nitrogens with zero attached hydrogens (tertiary/aromatic N) is 3.